The maximum atomic E-state index is 14.4. The number of ether oxygens (including phenoxy) is 1. The number of carbonyl (C=O) groups excluding carboxylic acids is 1. The van der Waals surface area contributed by atoms with Crippen molar-refractivity contribution in [3.63, 3.8) is 0 Å². The summed E-state index contributed by atoms with van der Waals surface area (Å²) >= 11 is 3.17. The number of aliphatic hydroxyl groups is 1. The Bertz CT molecular complexity index is 1180. The molecule has 2 aliphatic heterocycles. The average Bonchev–Trinajstić information content (AvgIpc) is 2.98. The van der Waals surface area contributed by atoms with Crippen LogP contribution in [0.2, 0.25) is 0 Å². The van der Waals surface area contributed by atoms with E-state index in [1.165, 1.54) is 29.9 Å². The molecule has 2 aliphatic rings. The van der Waals surface area contributed by atoms with E-state index in [9.17, 15) is 27.5 Å². The van der Waals surface area contributed by atoms with Gasteiger partial charge in [0.1, 0.15) is 10.7 Å². The number of aliphatic hydroxyl groups excluding tert-OH is 1. The first-order valence-corrected chi connectivity index (χ1v) is 11.3. The van der Waals surface area contributed by atoms with E-state index in [1.807, 2.05) is 0 Å². The Balaban J connectivity index is 1.98. The van der Waals surface area contributed by atoms with Crippen LogP contribution in [0, 0.1) is 17.7 Å². The van der Waals surface area contributed by atoms with Gasteiger partial charge in [0.25, 0.3) is 5.56 Å². The third-order valence-electron chi connectivity index (χ3n) is 5.81. The summed E-state index contributed by atoms with van der Waals surface area (Å²) in [7, 11) is -3.23. The quantitative estimate of drug-likeness (QED) is 0.633. The molecule has 4 atom stereocenters. The first-order valence-electron chi connectivity index (χ1n) is 9.10. The molecule has 11 heteroatoms. The van der Waals surface area contributed by atoms with Crippen molar-refractivity contribution in [2.24, 2.45) is 11.8 Å². The molecule has 0 saturated carbocycles. The molecule has 1 aromatic heterocycles. The van der Waals surface area contributed by atoms with E-state index in [0.717, 1.165) is 16.4 Å². The molecule has 3 heterocycles. The number of rotatable bonds is 4. The van der Waals surface area contributed by atoms with Gasteiger partial charge in [-0.3, -0.25) is 9.59 Å². The zero-order valence-electron chi connectivity index (χ0n) is 15.7. The molecule has 0 aliphatic carbocycles. The normalized spacial score (nSPS) is 25.7. The number of hydrogen-bond acceptors (Lipinski definition) is 6. The number of hydrogen-bond donors (Lipinski definition) is 1. The summed E-state index contributed by atoms with van der Waals surface area (Å²) in [5, 5.41) is 10.0. The molecule has 0 spiro atoms. The molecule has 160 valence electrons. The highest BCUT2D eigenvalue weighted by Gasteiger charge is 2.60. The van der Waals surface area contributed by atoms with Crippen LogP contribution in [0.15, 0.2) is 50.6 Å². The fourth-order valence-electron chi connectivity index (χ4n) is 4.53. The summed E-state index contributed by atoms with van der Waals surface area (Å²) in [5.41, 5.74) is -0.0987. The Morgan fingerprint density at radius 1 is 1.30 bits per heavy atom. The van der Waals surface area contributed by atoms with Crippen molar-refractivity contribution < 1.29 is 27.4 Å². The Morgan fingerprint density at radius 3 is 2.63 bits per heavy atom. The van der Waals surface area contributed by atoms with Crippen molar-refractivity contribution in [2.75, 3.05) is 13.7 Å². The molecule has 0 amide bonds. The van der Waals surface area contributed by atoms with E-state index in [-0.39, 0.29) is 22.3 Å². The first-order chi connectivity index (χ1) is 14.2. The monoisotopic (exact) mass is 500 g/mol. The standard InChI is InChI=1S/C19H18BrFN2O6S/c1-29-19(26)16-10(9-24)14-8-22-13(7-6-11(20)18(22)25)17(16)23(14)30(27,28)15-5-3-2-4-12(15)21/h2-7,10,14,16-17,24H,8-9H2,1H3/t10-,14-,16+,17+/m0/s1. The number of nitrogens with zero attached hydrogens (tertiary/aromatic N) is 2. The van der Waals surface area contributed by atoms with Crippen LogP contribution < -0.4 is 5.56 Å². The molecule has 2 aromatic rings. The lowest BCUT2D eigenvalue weighted by Crippen LogP contribution is -2.49. The second-order valence-electron chi connectivity index (χ2n) is 7.19. The summed E-state index contributed by atoms with van der Waals surface area (Å²) in [5.74, 6) is -3.52. The van der Waals surface area contributed by atoms with Crippen LogP contribution >= 0.6 is 15.9 Å². The number of sulfonamides is 1. The molecule has 8 nitrogen and oxygen atoms in total. The average molecular weight is 501 g/mol. The molecule has 2 bridgehead atoms. The zero-order valence-corrected chi connectivity index (χ0v) is 18.1. The molecular formula is C19H18BrFN2O6S. The minimum absolute atomic E-state index is 0.0868. The predicted octanol–water partition coefficient (Wildman–Crippen LogP) is 1.28. The molecule has 1 aromatic carbocycles. The van der Waals surface area contributed by atoms with Crippen LogP contribution in [0.25, 0.3) is 0 Å². The Morgan fingerprint density at radius 2 is 2.00 bits per heavy atom. The maximum absolute atomic E-state index is 14.4. The smallest absolute Gasteiger partial charge is 0.311 e. The number of benzene rings is 1. The third-order valence-corrected chi connectivity index (χ3v) is 8.35. The number of fused-ring (bicyclic) bond motifs is 4. The van der Waals surface area contributed by atoms with Crippen molar-refractivity contribution in [2.45, 2.75) is 23.5 Å². The first kappa shape index (κ1) is 21.2. The molecule has 1 fully saturated rings. The van der Waals surface area contributed by atoms with Crippen LogP contribution in [0.5, 0.6) is 0 Å². The van der Waals surface area contributed by atoms with Gasteiger partial charge in [-0.05, 0) is 40.2 Å². The Hall–Kier alpha value is -2.08. The topological polar surface area (TPSA) is 106 Å². The van der Waals surface area contributed by atoms with Gasteiger partial charge in [0.15, 0.2) is 0 Å². The highest BCUT2D eigenvalue weighted by Crippen LogP contribution is 2.51. The number of esters is 1. The van der Waals surface area contributed by atoms with Gasteiger partial charge < -0.3 is 14.4 Å². The van der Waals surface area contributed by atoms with Gasteiger partial charge in [-0.25, -0.2) is 12.8 Å². The molecule has 4 rings (SSSR count). The zero-order chi connectivity index (χ0) is 21.8. The molecule has 0 unspecified atom stereocenters. The number of pyridine rings is 1. The summed E-state index contributed by atoms with van der Waals surface area (Å²) in [6.07, 6.45) is 0. The summed E-state index contributed by atoms with van der Waals surface area (Å²) in [4.78, 5) is 24.8. The summed E-state index contributed by atoms with van der Waals surface area (Å²) in [6.45, 7) is -0.593. The highest BCUT2D eigenvalue weighted by atomic mass is 79.9. The van der Waals surface area contributed by atoms with Crippen molar-refractivity contribution in [1.82, 2.24) is 8.87 Å². The molecule has 0 radical (unpaired) electrons. The van der Waals surface area contributed by atoms with Crippen LogP contribution in [-0.2, 0) is 26.1 Å². The van der Waals surface area contributed by atoms with Crippen molar-refractivity contribution in [1.29, 1.82) is 0 Å². The minimum Gasteiger partial charge on any atom is -0.469 e. The lowest BCUT2D eigenvalue weighted by molar-refractivity contribution is -0.148. The Labute approximate surface area is 180 Å². The number of aromatic nitrogens is 1. The summed E-state index contributed by atoms with van der Waals surface area (Å²) < 4.78 is 49.0. The maximum Gasteiger partial charge on any atom is 0.311 e. The second-order valence-corrected chi connectivity index (χ2v) is 9.86. The molecule has 30 heavy (non-hydrogen) atoms. The SMILES string of the molecule is COC(=O)[C@@H]1[C@@H](CO)[C@@H]2Cn3c(ccc(Br)c3=O)[C@H]1N2S(=O)(=O)c1ccccc1F. The van der Waals surface area contributed by atoms with Crippen molar-refractivity contribution >= 4 is 31.9 Å². The van der Waals surface area contributed by atoms with E-state index in [4.69, 9.17) is 4.74 Å². The Kier molecular flexibility index (Phi) is 5.33. The van der Waals surface area contributed by atoms with Crippen molar-refractivity contribution in [3.05, 3.63) is 62.7 Å². The molecule has 1 N–H and O–H groups in total. The van der Waals surface area contributed by atoms with Gasteiger partial charge >= 0.3 is 5.97 Å². The van der Waals surface area contributed by atoms with E-state index in [1.54, 1.807) is 6.07 Å². The van der Waals surface area contributed by atoms with Gasteiger partial charge in [0.2, 0.25) is 10.0 Å². The fraction of sp³-hybridized carbons (Fsp3) is 0.368. The van der Waals surface area contributed by atoms with Gasteiger partial charge in [0.05, 0.1) is 23.5 Å². The van der Waals surface area contributed by atoms with Crippen LogP contribution in [0.4, 0.5) is 4.39 Å². The lowest BCUT2D eigenvalue weighted by Gasteiger charge is -2.37. The fourth-order valence-corrected chi connectivity index (χ4v) is 6.78. The number of halogens is 2. The van der Waals surface area contributed by atoms with E-state index < -0.39 is 57.2 Å². The number of methoxy groups -OCH3 is 1. The molecular weight excluding hydrogens is 483 g/mol. The lowest BCUT2D eigenvalue weighted by atomic mass is 9.87. The highest BCUT2D eigenvalue weighted by molar-refractivity contribution is 9.10. The van der Waals surface area contributed by atoms with Crippen LogP contribution in [-0.4, -0.2) is 48.1 Å². The van der Waals surface area contributed by atoms with E-state index in [2.05, 4.69) is 15.9 Å². The van der Waals surface area contributed by atoms with E-state index in [0.29, 0.717) is 0 Å². The predicted molar refractivity (Wildman–Crippen MR) is 106 cm³/mol. The number of carbonyl (C=O) groups is 1. The van der Waals surface area contributed by atoms with Gasteiger partial charge in [-0.1, -0.05) is 12.1 Å². The second kappa shape index (κ2) is 7.56. The van der Waals surface area contributed by atoms with Gasteiger partial charge in [-0.2, -0.15) is 4.31 Å². The van der Waals surface area contributed by atoms with Crippen LogP contribution in [0.1, 0.15) is 11.7 Å². The van der Waals surface area contributed by atoms with Gasteiger partial charge in [-0.15, -0.1) is 0 Å². The van der Waals surface area contributed by atoms with Crippen LogP contribution in [0.3, 0.4) is 0 Å². The summed E-state index contributed by atoms with van der Waals surface area (Å²) in [6, 6.07) is 5.92. The largest absolute Gasteiger partial charge is 0.469 e. The third kappa shape index (κ3) is 2.95. The van der Waals surface area contributed by atoms with Crippen molar-refractivity contribution in [3.8, 4) is 0 Å². The molecule has 1 saturated heterocycles. The minimum atomic E-state index is -4.40. The van der Waals surface area contributed by atoms with Gasteiger partial charge in [0, 0.05) is 30.8 Å². The van der Waals surface area contributed by atoms with E-state index >= 15 is 0 Å².